The predicted octanol–water partition coefficient (Wildman–Crippen LogP) is 3.70. The number of rotatable bonds is 12. The molecular formula is C23H28N2O3. The minimum absolute atomic E-state index is 0.263. The lowest BCUT2D eigenvalue weighted by molar-refractivity contribution is 0.00532. The van der Waals surface area contributed by atoms with Crippen LogP contribution in [0, 0.1) is 0 Å². The molecule has 2 heterocycles. The molecule has 0 aliphatic carbocycles. The molecule has 5 nitrogen and oxygen atoms in total. The summed E-state index contributed by atoms with van der Waals surface area (Å²) in [5.74, 6) is 0.758. The Labute approximate surface area is 166 Å². The van der Waals surface area contributed by atoms with Gasteiger partial charge in [0.1, 0.15) is 12.4 Å². The van der Waals surface area contributed by atoms with Crippen LogP contribution >= 0.6 is 0 Å². The van der Waals surface area contributed by atoms with Gasteiger partial charge in [0.25, 0.3) is 0 Å². The lowest BCUT2D eigenvalue weighted by atomic mass is 10.2. The Morgan fingerprint density at radius 3 is 2.75 bits per heavy atom. The summed E-state index contributed by atoms with van der Waals surface area (Å²) in [5, 5.41) is 10.4. The monoisotopic (exact) mass is 380 g/mol. The molecule has 0 amide bonds. The summed E-state index contributed by atoms with van der Waals surface area (Å²) in [6.45, 7) is 7.26. The van der Waals surface area contributed by atoms with E-state index in [9.17, 15) is 5.11 Å². The molecule has 5 heteroatoms. The molecular weight excluding hydrogens is 352 g/mol. The van der Waals surface area contributed by atoms with Crippen molar-refractivity contribution in [2.75, 3.05) is 19.7 Å². The van der Waals surface area contributed by atoms with Crippen LogP contribution in [0.3, 0.4) is 0 Å². The first-order chi connectivity index (χ1) is 13.7. The van der Waals surface area contributed by atoms with Gasteiger partial charge < -0.3 is 18.8 Å². The van der Waals surface area contributed by atoms with E-state index in [4.69, 9.17) is 9.15 Å². The van der Waals surface area contributed by atoms with Crippen molar-refractivity contribution in [2.24, 2.45) is 0 Å². The minimum atomic E-state index is -0.576. The van der Waals surface area contributed by atoms with Crippen LogP contribution in [0.5, 0.6) is 0 Å². The normalized spacial score (nSPS) is 12.4. The van der Waals surface area contributed by atoms with Gasteiger partial charge in [0.2, 0.25) is 0 Å². The van der Waals surface area contributed by atoms with Crippen molar-refractivity contribution in [2.45, 2.75) is 25.8 Å². The van der Waals surface area contributed by atoms with Gasteiger partial charge in [-0.05, 0) is 29.8 Å². The Morgan fingerprint density at radius 1 is 1.14 bits per heavy atom. The van der Waals surface area contributed by atoms with E-state index < -0.39 is 6.10 Å². The molecule has 2 aromatic heterocycles. The first kappa shape index (κ1) is 20.1. The van der Waals surface area contributed by atoms with Crippen LogP contribution in [0.25, 0.3) is 0 Å². The van der Waals surface area contributed by atoms with E-state index in [1.807, 2.05) is 24.3 Å². The Hall–Kier alpha value is -2.60. The van der Waals surface area contributed by atoms with Gasteiger partial charge >= 0.3 is 0 Å². The maximum atomic E-state index is 10.4. The minimum Gasteiger partial charge on any atom is -0.467 e. The topological polar surface area (TPSA) is 50.8 Å². The second-order valence-electron chi connectivity index (χ2n) is 6.84. The molecule has 0 spiro atoms. The van der Waals surface area contributed by atoms with Crippen molar-refractivity contribution in [3.8, 4) is 0 Å². The lowest BCUT2D eigenvalue weighted by Gasteiger charge is -2.24. The Bertz CT molecular complexity index is 812. The molecule has 0 bridgehead atoms. The second-order valence-corrected chi connectivity index (χ2v) is 6.84. The van der Waals surface area contributed by atoms with Crippen LogP contribution in [0.4, 0.5) is 0 Å². The summed E-state index contributed by atoms with van der Waals surface area (Å²) in [7, 11) is 0. The van der Waals surface area contributed by atoms with Crippen LogP contribution < -0.4 is 0 Å². The third-order valence-electron chi connectivity index (χ3n) is 4.50. The number of ether oxygens (including phenoxy) is 1. The summed E-state index contributed by atoms with van der Waals surface area (Å²) in [5.41, 5.74) is 2.47. The van der Waals surface area contributed by atoms with Gasteiger partial charge in [-0.3, -0.25) is 4.90 Å². The Morgan fingerprint density at radius 2 is 2.00 bits per heavy atom. The number of aliphatic hydroxyl groups is 1. The molecule has 3 rings (SSSR count). The summed E-state index contributed by atoms with van der Waals surface area (Å²) in [4.78, 5) is 2.17. The molecule has 0 radical (unpaired) electrons. The first-order valence-electron chi connectivity index (χ1n) is 9.54. The average Bonchev–Trinajstić information content (AvgIpc) is 3.35. The van der Waals surface area contributed by atoms with Crippen molar-refractivity contribution < 1.29 is 14.3 Å². The van der Waals surface area contributed by atoms with Gasteiger partial charge in [0.05, 0.1) is 19.0 Å². The molecule has 0 saturated carbocycles. The van der Waals surface area contributed by atoms with E-state index >= 15 is 0 Å². The Kier molecular flexibility index (Phi) is 7.67. The molecule has 0 aliphatic rings. The number of aliphatic hydroxyl groups excluding tert-OH is 1. The van der Waals surface area contributed by atoms with Crippen molar-refractivity contribution in [3.63, 3.8) is 0 Å². The highest BCUT2D eigenvalue weighted by atomic mass is 16.5. The molecule has 1 atom stereocenters. The van der Waals surface area contributed by atoms with E-state index in [1.54, 1.807) is 6.26 Å². The average molecular weight is 380 g/mol. The summed E-state index contributed by atoms with van der Waals surface area (Å²) < 4.78 is 13.0. The fourth-order valence-electron chi connectivity index (χ4n) is 3.18. The van der Waals surface area contributed by atoms with Crippen LogP contribution in [-0.2, 0) is 24.4 Å². The molecule has 0 saturated heterocycles. The highest BCUT2D eigenvalue weighted by molar-refractivity contribution is 5.17. The third kappa shape index (κ3) is 6.23. The quantitative estimate of drug-likeness (QED) is 0.487. The first-order valence-corrected chi connectivity index (χ1v) is 9.54. The molecule has 148 valence electrons. The predicted molar refractivity (Wildman–Crippen MR) is 110 cm³/mol. The number of nitrogens with zero attached hydrogens (tertiary/aromatic N) is 2. The zero-order valence-electron chi connectivity index (χ0n) is 16.1. The van der Waals surface area contributed by atoms with E-state index in [1.165, 1.54) is 11.3 Å². The van der Waals surface area contributed by atoms with Crippen LogP contribution in [0.2, 0.25) is 0 Å². The Balaban J connectivity index is 1.52. The highest BCUT2D eigenvalue weighted by Gasteiger charge is 2.14. The van der Waals surface area contributed by atoms with E-state index in [0.717, 1.165) is 18.8 Å². The molecule has 0 aliphatic heterocycles. The maximum Gasteiger partial charge on any atom is 0.129 e. The third-order valence-corrected chi connectivity index (χ3v) is 4.50. The van der Waals surface area contributed by atoms with E-state index in [2.05, 4.69) is 58.6 Å². The van der Waals surface area contributed by atoms with Gasteiger partial charge in [-0.25, -0.2) is 0 Å². The maximum absolute atomic E-state index is 10.4. The molecule has 1 aromatic carbocycles. The molecule has 28 heavy (non-hydrogen) atoms. The van der Waals surface area contributed by atoms with Gasteiger partial charge in [0, 0.05) is 38.1 Å². The lowest BCUT2D eigenvalue weighted by Crippen LogP contribution is -2.35. The zero-order chi connectivity index (χ0) is 19.6. The number of aromatic nitrogens is 1. The molecule has 0 fully saturated rings. The SMILES string of the molecule is C=CCN(Cc1cccn1Cc1ccccc1)CC(O)COCc1ccco1. The molecule has 1 unspecified atom stereocenters. The van der Waals surface area contributed by atoms with E-state index in [-0.39, 0.29) is 6.61 Å². The van der Waals surface area contributed by atoms with Crippen molar-refractivity contribution in [1.29, 1.82) is 0 Å². The fraction of sp³-hybridized carbons (Fsp3) is 0.304. The standard InChI is InChI=1S/C23H28N2O3/c1-2-12-24(17-22(26)18-27-19-23-11-7-14-28-23)16-21-10-6-13-25(21)15-20-8-4-3-5-9-20/h2-11,13-14,22,26H,1,12,15-19H2. The van der Waals surface area contributed by atoms with Gasteiger partial charge in [-0.1, -0.05) is 36.4 Å². The van der Waals surface area contributed by atoms with Crippen molar-refractivity contribution in [1.82, 2.24) is 9.47 Å². The number of furan rings is 1. The van der Waals surface area contributed by atoms with Crippen molar-refractivity contribution >= 4 is 0 Å². The number of hydrogen-bond donors (Lipinski definition) is 1. The highest BCUT2D eigenvalue weighted by Crippen LogP contribution is 2.11. The molecule has 3 aromatic rings. The van der Waals surface area contributed by atoms with Crippen molar-refractivity contribution in [3.05, 3.63) is 96.7 Å². The van der Waals surface area contributed by atoms with Gasteiger partial charge in [-0.15, -0.1) is 6.58 Å². The fourth-order valence-corrected chi connectivity index (χ4v) is 3.18. The van der Waals surface area contributed by atoms with Gasteiger partial charge in [-0.2, -0.15) is 0 Å². The van der Waals surface area contributed by atoms with Gasteiger partial charge in [0.15, 0.2) is 0 Å². The summed E-state index contributed by atoms with van der Waals surface area (Å²) in [6.07, 6.45) is 5.00. The second kappa shape index (κ2) is 10.7. The van der Waals surface area contributed by atoms with E-state index in [0.29, 0.717) is 19.7 Å². The number of benzene rings is 1. The van der Waals surface area contributed by atoms with Crippen LogP contribution in [-0.4, -0.2) is 40.4 Å². The summed E-state index contributed by atoms with van der Waals surface area (Å²) >= 11 is 0. The smallest absolute Gasteiger partial charge is 0.129 e. The van der Waals surface area contributed by atoms with Crippen LogP contribution in [0.15, 0.2) is 84.1 Å². The van der Waals surface area contributed by atoms with Crippen LogP contribution in [0.1, 0.15) is 17.0 Å². The zero-order valence-corrected chi connectivity index (χ0v) is 16.1. The largest absolute Gasteiger partial charge is 0.467 e. The molecule has 1 N–H and O–H groups in total. The summed E-state index contributed by atoms with van der Waals surface area (Å²) in [6, 6.07) is 18.3. The number of hydrogen-bond acceptors (Lipinski definition) is 4.